The standard InChI is InChI=1S/C22H24ClN3O3/c23-17-6-7-20(26-9-11-29-12-10-26)19(14-17)24-21(27)8-5-16-13-15-3-1-2-4-18(15)25-22(16)28/h1-4,6-7,14,16H,5,8-13H2,(H,24,27)(H,25,28)/t16-/m1/s1. The van der Waals surface area contributed by atoms with Gasteiger partial charge in [-0.25, -0.2) is 0 Å². The molecule has 0 spiro atoms. The molecule has 2 aromatic carbocycles. The predicted octanol–water partition coefficient (Wildman–Crippen LogP) is 3.71. The molecule has 6 nitrogen and oxygen atoms in total. The number of hydrogen-bond acceptors (Lipinski definition) is 4. The van der Waals surface area contributed by atoms with E-state index >= 15 is 0 Å². The Balaban J connectivity index is 1.39. The van der Waals surface area contributed by atoms with Crippen LogP contribution in [-0.2, 0) is 20.7 Å². The van der Waals surface area contributed by atoms with Crippen molar-refractivity contribution in [3.05, 3.63) is 53.1 Å². The van der Waals surface area contributed by atoms with Gasteiger partial charge < -0.3 is 20.3 Å². The normalized spacial score (nSPS) is 18.7. The second kappa shape index (κ2) is 8.84. The van der Waals surface area contributed by atoms with Crippen LogP contribution in [0.3, 0.4) is 0 Å². The van der Waals surface area contributed by atoms with Crippen LogP contribution in [0, 0.1) is 5.92 Å². The third-order valence-electron chi connectivity index (χ3n) is 5.42. The second-order valence-electron chi connectivity index (χ2n) is 7.40. The van der Waals surface area contributed by atoms with E-state index in [0.717, 1.165) is 30.0 Å². The average molecular weight is 414 g/mol. The quantitative estimate of drug-likeness (QED) is 0.784. The highest BCUT2D eigenvalue weighted by Crippen LogP contribution is 2.31. The van der Waals surface area contributed by atoms with E-state index in [1.165, 1.54) is 0 Å². The number of fused-ring (bicyclic) bond motifs is 1. The molecule has 1 saturated heterocycles. The highest BCUT2D eigenvalue weighted by Gasteiger charge is 2.26. The minimum absolute atomic E-state index is 0.0201. The maximum absolute atomic E-state index is 12.6. The number of para-hydroxylation sites is 1. The SMILES string of the molecule is O=C(CC[C@@H]1Cc2ccccc2NC1=O)Nc1cc(Cl)ccc1N1CCOCC1. The van der Waals surface area contributed by atoms with Crippen molar-refractivity contribution in [3.63, 3.8) is 0 Å². The molecule has 2 amide bonds. The molecule has 0 aliphatic carbocycles. The Morgan fingerprint density at radius 2 is 2.00 bits per heavy atom. The van der Waals surface area contributed by atoms with Gasteiger partial charge in [-0.3, -0.25) is 9.59 Å². The largest absolute Gasteiger partial charge is 0.378 e. The fourth-order valence-electron chi connectivity index (χ4n) is 3.85. The van der Waals surface area contributed by atoms with E-state index < -0.39 is 0 Å². The Bertz CT molecular complexity index is 912. The number of carbonyl (C=O) groups excluding carboxylic acids is 2. The molecule has 152 valence electrons. The van der Waals surface area contributed by atoms with Crippen molar-refractivity contribution in [2.75, 3.05) is 41.8 Å². The van der Waals surface area contributed by atoms with Crippen molar-refractivity contribution < 1.29 is 14.3 Å². The van der Waals surface area contributed by atoms with Crippen LogP contribution in [0.15, 0.2) is 42.5 Å². The molecule has 0 unspecified atom stereocenters. The van der Waals surface area contributed by atoms with Gasteiger partial charge >= 0.3 is 0 Å². The summed E-state index contributed by atoms with van der Waals surface area (Å²) in [7, 11) is 0. The molecular formula is C22H24ClN3O3. The van der Waals surface area contributed by atoms with Crippen molar-refractivity contribution in [2.45, 2.75) is 19.3 Å². The Labute approximate surface area is 175 Å². The van der Waals surface area contributed by atoms with E-state index in [4.69, 9.17) is 16.3 Å². The van der Waals surface area contributed by atoms with Crippen molar-refractivity contribution in [2.24, 2.45) is 5.92 Å². The molecule has 4 rings (SSSR count). The van der Waals surface area contributed by atoms with E-state index in [9.17, 15) is 9.59 Å². The highest BCUT2D eigenvalue weighted by molar-refractivity contribution is 6.31. The molecule has 0 aromatic heterocycles. The van der Waals surface area contributed by atoms with Gasteiger partial charge in [0.05, 0.1) is 24.6 Å². The molecular weight excluding hydrogens is 390 g/mol. The van der Waals surface area contributed by atoms with Crippen LogP contribution in [0.4, 0.5) is 17.1 Å². The average Bonchev–Trinajstić information content (AvgIpc) is 2.73. The predicted molar refractivity (Wildman–Crippen MR) is 115 cm³/mol. The first-order valence-corrected chi connectivity index (χ1v) is 10.3. The van der Waals surface area contributed by atoms with Gasteiger partial charge in [0.1, 0.15) is 0 Å². The number of hydrogen-bond donors (Lipinski definition) is 2. The summed E-state index contributed by atoms with van der Waals surface area (Å²) in [6.45, 7) is 2.86. The third kappa shape index (κ3) is 4.71. The number of nitrogens with one attached hydrogen (secondary N) is 2. The lowest BCUT2D eigenvalue weighted by atomic mass is 9.89. The van der Waals surface area contributed by atoms with Crippen LogP contribution < -0.4 is 15.5 Å². The minimum Gasteiger partial charge on any atom is -0.378 e. The molecule has 2 aliphatic heterocycles. The molecule has 1 fully saturated rings. The number of nitrogens with zero attached hydrogens (tertiary/aromatic N) is 1. The summed E-state index contributed by atoms with van der Waals surface area (Å²) in [5.41, 5.74) is 3.62. The summed E-state index contributed by atoms with van der Waals surface area (Å²) < 4.78 is 5.41. The Kier molecular flexibility index (Phi) is 6.02. The van der Waals surface area contributed by atoms with Crippen LogP contribution in [0.5, 0.6) is 0 Å². The summed E-state index contributed by atoms with van der Waals surface area (Å²) in [6.07, 6.45) is 1.43. The van der Waals surface area contributed by atoms with Gasteiger partial charge in [0.2, 0.25) is 11.8 Å². The van der Waals surface area contributed by atoms with Gasteiger partial charge in [-0.15, -0.1) is 0 Å². The van der Waals surface area contributed by atoms with Gasteiger partial charge in [-0.2, -0.15) is 0 Å². The summed E-state index contributed by atoms with van der Waals surface area (Å²) in [5.74, 6) is -0.338. The second-order valence-corrected chi connectivity index (χ2v) is 7.83. The number of rotatable bonds is 5. The van der Waals surface area contributed by atoms with Gasteiger partial charge in [-0.1, -0.05) is 29.8 Å². The van der Waals surface area contributed by atoms with Gasteiger partial charge in [0.15, 0.2) is 0 Å². The molecule has 2 N–H and O–H groups in total. The zero-order valence-corrected chi connectivity index (χ0v) is 16.9. The molecule has 0 bridgehead atoms. The first kappa shape index (κ1) is 19.7. The first-order valence-electron chi connectivity index (χ1n) is 9.91. The van der Waals surface area contributed by atoms with E-state index in [1.54, 1.807) is 6.07 Å². The van der Waals surface area contributed by atoms with E-state index in [0.29, 0.717) is 36.8 Å². The summed E-state index contributed by atoms with van der Waals surface area (Å²) in [5, 5.41) is 6.49. The minimum atomic E-state index is -0.200. The third-order valence-corrected chi connectivity index (χ3v) is 5.65. The smallest absolute Gasteiger partial charge is 0.227 e. The first-order chi connectivity index (χ1) is 14.1. The molecule has 0 saturated carbocycles. The monoisotopic (exact) mass is 413 g/mol. The van der Waals surface area contributed by atoms with Crippen LogP contribution in [-0.4, -0.2) is 38.1 Å². The van der Waals surface area contributed by atoms with E-state index in [1.807, 2.05) is 36.4 Å². The van der Waals surface area contributed by atoms with Gasteiger partial charge in [0, 0.05) is 36.1 Å². The Hall–Kier alpha value is -2.57. The molecule has 29 heavy (non-hydrogen) atoms. The zero-order chi connectivity index (χ0) is 20.2. The molecule has 7 heteroatoms. The number of benzene rings is 2. The van der Waals surface area contributed by atoms with E-state index in [2.05, 4.69) is 15.5 Å². The Morgan fingerprint density at radius 3 is 2.83 bits per heavy atom. The molecule has 2 heterocycles. The van der Waals surface area contributed by atoms with Crippen LogP contribution in [0.2, 0.25) is 5.02 Å². The van der Waals surface area contributed by atoms with E-state index in [-0.39, 0.29) is 24.2 Å². The summed E-state index contributed by atoms with van der Waals surface area (Å²) >= 11 is 6.16. The van der Waals surface area contributed by atoms with Crippen LogP contribution in [0.1, 0.15) is 18.4 Å². The zero-order valence-electron chi connectivity index (χ0n) is 16.1. The van der Waals surface area contributed by atoms with Crippen molar-refractivity contribution in [1.82, 2.24) is 0 Å². The van der Waals surface area contributed by atoms with Gasteiger partial charge in [0.25, 0.3) is 0 Å². The Morgan fingerprint density at radius 1 is 1.21 bits per heavy atom. The fraction of sp³-hybridized carbons (Fsp3) is 0.364. The van der Waals surface area contributed by atoms with Gasteiger partial charge in [-0.05, 0) is 42.7 Å². The van der Waals surface area contributed by atoms with Crippen molar-refractivity contribution in [1.29, 1.82) is 0 Å². The van der Waals surface area contributed by atoms with Crippen molar-refractivity contribution >= 4 is 40.5 Å². The maximum atomic E-state index is 12.6. The number of amides is 2. The number of carbonyl (C=O) groups is 2. The number of morpholine rings is 1. The lowest BCUT2D eigenvalue weighted by Crippen LogP contribution is -2.36. The summed E-state index contributed by atoms with van der Waals surface area (Å²) in [6, 6.07) is 13.3. The molecule has 0 radical (unpaired) electrons. The number of halogens is 1. The van der Waals surface area contributed by atoms with Crippen LogP contribution >= 0.6 is 11.6 Å². The molecule has 1 atom stereocenters. The molecule has 2 aromatic rings. The highest BCUT2D eigenvalue weighted by atomic mass is 35.5. The van der Waals surface area contributed by atoms with Crippen LogP contribution in [0.25, 0.3) is 0 Å². The molecule has 2 aliphatic rings. The number of ether oxygens (including phenoxy) is 1. The fourth-order valence-corrected chi connectivity index (χ4v) is 4.02. The van der Waals surface area contributed by atoms with Crippen molar-refractivity contribution in [3.8, 4) is 0 Å². The summed E-state index contributed by atoms with van der Waals surface area (Å²) in [4.78, 5) is 27.2. The maximum Gasteiger partial charge on any atom is 0.227 e. The number of anilines is 3. The lowest BCUT2D eigenvalue weighted by molar-refractivity contribution is -0.121. The topological polar surface area (TPSA) is 70.7 Å². The lowest BCUT2D eigenvalue weighted by Gasteiger charge is -2.30.